The molecule has 1 aromatic heterocycles. The highest BCUT2D eigenvalue weighted by Gasteiger charge is 2.64. The highest BCUT2D eigenvalue weighted by molar-refractivity contribution is 9.10. The number of fused-ring (bicyclic) bond motifs is 1. The fourth-order valence-electron chi connectivity index (χ4n) is 3.45. The molecule has 0 amide bonds. The van der Waals surface area contributed by atoms with E-state index in [-0.39, 0.29) is 16.6 Å². The molecule has 2 nitrogen and oxygen atoms in total. The molecule has 114 valence electrons. The number of hydrogen-bond acceptors (Lipinski definition) is 1. The fourth-order valence-corrected chi connectivity index (χ4v) is 3.98. The van der Waals surface area contributed by atoms with Crippen LogP contribution in [-0.2, 0) is 12.4 Å². The second-order valence-corrected chi connectivity index (χ2v) is 8.14. The average molecular weight is 374 g/mol. The second-order valence-electron chi connectivity index (χ2n) is 7.02. The maximum absolute atomic E-state index is 13.9. The third-order valence-corrected chi connectivity index (χ3v) is 6.52. The van der Waals surface area contributed by atoms with E-state index >= 15 is 0 Å². The van der Waals surface area contributed by atoms with Crippen molar-refractivity contribution in [1.82, 2.24) is 9.55 Å². The maximum atomic E-state index is 13.9. The van der Waals surface area contributed by atoms with Crippen LogP contribution in [0.5, 0.6) is 0 Å². The topological polar surface area (TPSA) is 17.8 Å². The van der Waals surface area contributed by atoms with Gasteiger partial charge in [-0.1, -0.05) is 27.7 Å². The molecule has 1 fully saturated rings. The van der Waals surface area contributed by atoms with Crippen molar-refractivity contribution >= 4 is 38.6 Å². The molecule has 3 rings (SSSR count). The monoisotopic (exact) mass is 372 g/mol. The quantitative estimate of drug-likeness (QED) is 0.662. The molecule has 5 heteroatoms. The zero-order chi connectivity index (χ0) is 15.6. The summed E-state index contributed by atoms with van der Waals surface area (Å²) < 4.78 is 16.4. The van der Waals surface area contributed by atoms with Crippen molar-refractivity contribution < 1.29 is 4.39 Å². The van der Waals surface area contributed by atoms with E-state index in [1.807, 2.05) is 0 Å². The number of alkyl halides is 1. The first-order valence-electron chi connectivity index (χ1n) is 7.10. The van der Waals surface area contributed by atoms with Crippen molar-refractivity contribution in [3.05, 3.63) is 28.2 Å². The molecule has 0 aliphatic heterocycles. The summed E-state index contributed by atoms with van der Waals surface area (Å²) in [6, 6.07) is 3.27. The van der Waals surface area contributed by atoms with Gasteiger partial charge in [0.25, 0.3) is 0 Å². The van der Waals surface area contributed by atoms with Crippen molar-refractivity contribution in [2.75, 3.05) is 0 Å². The minimum Gasteiger partial charge on any atom is -0.327 e. The largest absolute Gasteiger partial charge is 0.327 e. The number of aromatic nitrogens is 2. The third-order valence-electron chi connectivity index (χ3n) is 5.67. The zero-order valence-electron chi connectivity index (χ0n) is 12.7. The Morgan fingerprint density at radius 2 is 1.90 bits per heavy atom. The summed E-state index contributed by atoms with van der Waals surface area (Å²) >= 11 is 9.25. The third kappa shape index (κ3) is 2.14. The van der Waals surface area contributed by atoms with Gasteiger partial charge in [-0.05, 0) is 38.7 Å². The van der Waals surface area contributed by atoms with Gasteiger partial charge in [0, 0.05) is 12.6 Å². The van der Waals surface area contributed by atoms with Crippen LogP contribution in [0, 0.1) is 22.6 Å². The van der Waals surface area contributed by atoms with E-state index in [1.54, 1.807) is 12.1 Å². The van der Waals surface area contributed by atoms with Gasteiger partial charge in [-0.25, -0.2) is 9.37 Å². The molecule has 1 aromatic carbocycles. The maximum Gasteiger partial charge on any atom is 0.139 e. The van der Waals surface area contributed by atoms with Gasteiger partial charge in [-0.2, -0.15) is 0 Å². The van der Waals surface area contributed by atoms with Crippen LogP contribution in [0.4, 0.5) is 4.39 Å². The normalized spacial score (nSPS) is 20.1. The molecule has 1 saturated carbocycles. The summed E-state index contributed by atoms with van der Waals surface area (Å²) in [4.78, 5) is 4.54. The minimum absolute atomic E-state index is 0.265. The molecule has 0 radical (unpaired) electrons. The van der Waals surface area contributed by atoms with Crippen LogP contribution < -0.4 is 0 Å². The van der Waals surface area contributed by atoms with Crippen LogP contribution >= 0.6 is 27.5 Å². The van der Waals surface area contributed by atoms with Crippen molar-refractivity contribution in [3.8, 4) is 0 Å². The van der Waals surface area contributed by atoms with Gasteiger partial charge in [-0.15, -0.1) is 11.6 Å². The van der Waals surface area contributed by atoms with Crippen LogP contribution in [0.25, 0.3) is 11.0 Å². The van der Waals surface area contributed by atoms with Crippen molar-refractivity contribution in [2.45, 2.75) is 40.1 Å². The minimum atomic E-state index is -0.265. The van der Waals surface area contributed by atoms with Crippen molar-refractivity contribution in [2.24, 2.45) is 16.7 Å². The Labute approximate surface area is 137 Å². The number of benzene rings is 1. The number of halogens is 3. The molecule has 21 heavy (non-hydrogen) atoms. The molecule has 0 saturated heterocycles. The molecule has 0 N–H and O–H groups in total. The van der Waals surface area contributed by atoms with Gasteiger partial charge in [0.2, 0.25) is 0 Å². The summed E-state index contributed by atoms with van der Waals surface area (Å²) in [7, 11) is 0. The Hall–Kier alpha value is -0.610. The summed E-state index contributed by atoms with van der Waals surface area (Å²) in [6.45, 7) is 9.98. The Morgan fingerprint density at radius 1 is 1.29 bits per heavy atom. The van der Waals surface area contributed by atoms with Crippen LogP contribution in [-0.4, -0.2) is 9.55 Å². The lowest BCUT2D eigenvalue weighted by Crippen LogP contribution is -2.07. The molecule has 1 aliphatic carbocycles. The fraction of sp³-hybridized carbons (Fsp3) is 0.562. The van der Waals surface area contributed by atoms with E-state index in [9.17, 15) is 4.39 Å². The molecular formula is C16H19BrClFN2. The van der Waals surface area contributed by atoms with Gasteiger partial charge in [0.15, 0.2) is 0 Å². The average Bonchev–Trinajstić information content (AvgIpc) is 2.69. The van der Waals surface area contributed by atoms with E-state index in [0.29, 0.717) is 16.3 Å². The first-order valence-corrected chi connectivity index (χ1v) is 8.43. The van der Waals surface area contributed by atoms with Crippen LogP contribution in [0.1, 0.15) is 33.5 Å². The number of nitrogens with zero attached hydrogens (tertiary/aromatic N) is 2. The van der Waals surface area contributed by atoms with Gasteiger partial charge < -0.3 is 4.57 Å². The Kier molecular flexibility index (Phi) is 3.42. The molecule has 0 bridgehead atoms. The molecule has 1 heterocycles. The summed E-state index contributed by atoms with van der Waals surface area (Å²) in [5.41, 5.74) is 2.17. The van der Waals surface area contributed by atoms with E-state index in [1.165, 1.54) is 0 Å². The SMILES string of the molecule is CC1(C)C(Cn2c(CCl)nc3cc(Br)c(F)cc32)C1(C)C. The first-order chi connectivity index (χ1) is 9.70. The van der Waals surface area contributed by atoms with E-state index in [4.69, 9.17) is 11.6 Å². The van der Waals surface area contributed by atoms with Crippen LogP contribution in [0.2, 0.25) is 0 Å². The smallest absolute Gasteiger partial charge is 0.139 e. The molecule has 0 unspecified atom stereocenters. The standard InChI is InChI=1S/C16H19BrClFN2/c1-15(2)13(16(15,3)4)8-21-12-6-10(19)9(17)5-11(12)20-14(21)7-18/h5-6,13H,7-8H2,1-4H3. The lowest BCUT2D eigenvalue weighted by Gasteiger charge is -2.09. The van der Waals surface area contributed by atoms with Crippen molar-refractivity contribution in [3.63, 3.8) is 0 Å². The highest BCUT2D eigenvalue weighted by atomic mass is 79.9. The Morgan fingerprint density at radius 3 is 2.43 bits per heavy atom. The van der Waals surface area contributed by atoms with Crippen LogP contribution in [0.3, 0.4) is 0 Å². The predicted octanol–water partition coefficient (Wildman–Crippen LogP) is 5.36. The Bertz CT molecular complexity index is 707. The summed E-state index contributed by atoms with van der Waals surface area (Å²) in [6.07, 6.45) is 0. The highest BCUT2D eigenvalue weighted by Crippen LogP contribution is 2.69. The van der Waals surface area contributed by atoms with Gasteiger partial charge in [0.1, 0.15) is 11.6 Å². The lowest BCUT2D eigenvalue weighted by atomic mass is 10.0. The molecular weight excluding hydrogens is 355 g/mol. The van der Waals surface area contributed by atoms with Gasteiger partial charge in [0.05, 0.1) is 21.4 Å². The Balaban J connectivity index is 2.08. The number of hydrogen-bond donors (Lipinski definition) is 0. The number of rotatable bonds is 3. The molecule has 0 spiro atoms. The van der Waals surface area contributed by atoms with Gasteiger partial charge in [-0.3, -0.25) is 0 Å². The zero-order valence-corrected chi connectivity index (χ0v) is 15.0. The summed E-state index contributed by atoms with van der Waals surface area (Å²) in [5.74, 6) is 1.42. The van der Waals surface area contributed by atoms with E-state index in [0.717, 1.165) is 23.4 Å². The van der Waals surface area contributed by atoms with E-state index in [2.05, 4.69) is 53.2 Å². The number of imidazole rings is 1. The van der Waals surface area contributed by atoms with Crippen molar-refractivity contribution in [1.29, 1.82) is 0 Å². The van der Waals surface area contributed by atoms with Gasteiger partial charge >= 0.3 is 0 Å². The van der Waals surface area contributed by atoms with Crippen LogP contribution in [0.15, 0.2) is 16.6 Å². The predicted molar refractivity (Wildman–Crippen MR) is 88.0 cm³/mol. The lowest BCUT2D eigenvalue weighted by molar-refractivity contribution is 0.457. The molecule has 0 atom stereocenters. The first kappa shape index (κ1) is 15.3. The molecule has 1 aliphatic rings. The molecule has 2 aromatic rings. The second kappa shape index (κ2) is 4.69. The summed E-state index contributed by atoms with van der Waals surface area (Å²) in [5, 5.41) is 0. The van der Waals surface area contributed by atoms with E-state index < -0.39 is 0 Å².